The van der Waals surface area contributed by atoms with Crippen molar-refractivity contribution in [3.8, 4) is 0 Å². The highest BCUT2D eigenvalue weighted by Crippen LogP contribution is 2.28. The molecule has 1 aromatic carbocycles. The summed E-state index contributed by atoms with van der Waals surface area (Å²) < 4.78 is 5.00. The number of thioether (sulfide) groups is 1. The Kier molecular flexibility index (Phi) is 6.21. The minimum atomic E-state index is 0.170. The zero-order chi connectivity index (χ0) is 12.0. The first-order valence-electron chi connectivity index (χ1n) is 5.29. The van der Waals surface area contributed by atoms with Crippen LogP contribution >= 0.6 is 23.4 Å². The third-order valence-electron chi connectivity index (χ3n) is 2.10. The monoisotopic (exact) mass is 259 g/mol. The Bertz CT molecular complexity index is 331. The van der Waals surface area contributed by atoms with Crippen molar-refractivity contribution < 1.29 is 4.74 Å². The van der Waals surface area contributed by atoms with Crippen molar-refractivity contribution in [1.82, 2.24) is 0 Å². The minimum absolute atomic E-state index is 0.170. The minimum Gasteiger partial charge on any atom is -0.384 e. The summed E-state index contributed by atoms with van der Waals surface area (Å²) in [7, 11) is 1.70. The lowest BCUT2D eigenvalue weighted by atomic mass is 10.1. The van der Waals surface area contributed by atoms with Crippen molar-refractivity contribution in [2.24, 2.45) is 5.73 Å². The maximum absolute atomic E-state index is 6.19. The van der Waals surface area contributed by atoms with Gasteiger partial charge in [0.05, 0.1) is 11.6 Å². The molecule has 4 heteroatoms. The van der Waals surface area contributed by atoms with Gasteiger partial charge in [0.2, 0.25) is 0 Å². The second kappa shape index (κ2) is 7.17. The second-order valence-corrected chi connectivity index (χ2v) is 5.33. The van der Waals surface area contributed by atoms with Crippen molar-refractivity contribution in [2.75, 3.05) is 19.5 Å². The first kappa shape index (κ1) is 13.8. The number of benzene rings is 1. The molecule has 1 unspecified atom stereocenters. The molecular formula is C12H18ClNOS. The molecule has 1 aromatic rings. The van der Waals surface area contributed by atoms with Crippen LogP contribution in [0.1, 0.15) is 12.5 Å². The van der Waals surface area contributed by atoms with Crippen molar-refractivity contribution in [3.63, 3.8) is 0 Å². The molecule has 90 valence electrons. The van der Waals surface area contributed by atoms with E-state index in [4.69, 9.17) is 22.1 Å². The summed E-state index contributed by atoms with van der Waals surface area (Å²) in [6.07, 6.45) is 0.864. The largest absolute Gasteiger partial charge is 0.384 e. The smallest absolute Gasteiger partial charge is 0.0556 e. The van der Waals surface area contributed by atoms with Crippen molar-refractivity contribution >= 4 is 23.4 Å². The van der Waals surface area contributed by atoms with E-state index in [1.54, 1.807) is 18.9 Å². The van der Waals surface area contributed by atoms with Crippen LogP contribution in [0.4, 0.5) is 0 Å². The molecule has 2 nitrogen and oxygen atoms in total. The highest BCUT2D eigenvalue weighted by atomic mass is 35.5. The molecule has 0 radical (unpaired) electrons. The van der Waals surface area contributed by atoms with Crippen molar-refractivity contribution in [1.29, 1.82) is 0 Å². The molecule has 2 N–H and O–H groups in total. The van der Waals surface area contributed by atoms with Gasteiger partial charge in [0.1, 0.15) is 0 Å². The molecule has 0 saturated carbocycles. The van der Waals surface area contributed by atoms with Crippen LogP contribution in [0.5, 0.6) is 0 Å². The van der Waals surface area contributed by atoms with Gasteiger partial charge in [0.25, 0.3) is 0 Å². The number of halogens is 1. The van der Waals surface area contributed by atoms with Crippen LogP contribution < -0.4 is 5.73 Å². The number of methoxy groups -OCH3 is 1. The number of hydrogen-bond acceptors (Lipinski definition) is 3. The Labute approximate surface area is 107 Å². The van der Waals surface area contributed by atoms with E-state index in [2.05, 4.69) is 12.1 Å². The summed E-state index contributed by atoms with van der Waals surface area (Å²) in [5.41, 5.74) is 6.94. The summed E-state index contributed by atoms with van der Waals surface area (Å²) in [6.45, 7) is 2.73. The van der Waals surface area contributed by atoms with Gasteiger partial charge in [-0.3, -0.25) is 0 Å². The quantitative estimate of drug-likeness (QED) is 0.630. The van der Waals surface area contributed by atoms with Gasteiger partial charge in [0, 0.05) is 23.8 Å². The van der Waals surface area contributed by atoms with E-state index in [0.717, 1.165) is 28.7 Å². The number of ether oxygens (including phenoxy) is 1. The van der Waals surface area contributed by atoms with Gasteiger partial charge >= 0.3 is 0 Å². The van der Waals surface area contributed by atoms with Crippen LogP contribution in [0.3, 0.4) is 0 Å². The fraction of sp³-hybridized carbons (Fsp3) is 0.500. The Morgan fingerprint density at radius 1 is 1.50 bits per heavy atom. The van der Waals surface area contributed by atoms with E-state index in [0.29, 0.717) is 0 Å². The predicted octanol–water partition coefficient (Wildman–Crippen LogP) is 2.97. The molecular weight excluding hydrogens is 242 g/mol. The van der Waals surface area contributed by atoms with E-state index >= 15 is 0 Å². The molecule has 1 rings (SSSR count). The predicted molar refractivity (Wildman–Crippen MR) is 71.4 cm³/mol. The van der Waals surface area contributed by atoms with Gasteiger partial charge in [-0.15, -0.1) is 11.8 Å². The van der Waals surface area contributed by atoms with Gasteiger partial charge in [-0.1, -0.05) is 17.7 Å². The van der Waals surface area contributed by atoms with Gasteiger partial charge in [-0.05, 0) is 31.0 Å². The molecule has 0 aliphatic heterocycles. The fourth-order valence-electron chi connectivity index (χ4n) is 1.40. The lowest BCUT2D eigenvalue weighted by Gasteiger charge is -2.08. The molecule has 0 aromatic heterocycles. The summed E-state index contributed by atoms with van der Waals surface area (Å²) in [4.78, 5) is 1.10. The number of rotatable bonds is 6. The number of nitrogens with two attached hydrogens (primary N) is 1. The van der Waals surface area contributed by atoms with Gasteiger partial charge in [-0.2, -0.15) is 0 Å². The normalized spacial score (nSPS) is 12.8. The average molecular weight is 260 g/mol. The van der Waals surface area contributed by atoms with Crippen LogP contribution in [-0.2, 0) is 11.2 Å². The molecule has 0 heterocycles. The molecule has 16 heavy (non-hydrogen) atoms. The Hall–Kier alpha value is -0.220. The van der Waals surface area contributed by atoms with Crippen molar-refractivity contribution in [2.45, 2.75) is 24.3 Å². The Morgan fingerprint density at radius 3 is 2.81 bits per heavy atom. The summed E-state index contributed by atoms with van der Waals surface area (Å²) in [6, 6.07) is 6.31. The van der Waals surface area contributed by atoms with Gasteiger partial charge in [-0.25, -0.2) is 0 Å². The molecule has 0 amide bonds. The van der Waals surface area contributed by atoms with Crippen LogP contribution in [0, 0.1) is 0 Å². The van der Waals surface area contributed by atoms with E-state index < -0.39 is 0 Å². The van der Waals surface area contributed by atoms with Crippen LogP contribution in [0.25, 0.3) is 0 Å². The Balaban J connectivity index is 2.60. The molecule has 0 spiro atoms. The molecule has 0 saturated heterocycles. The van der Waals surface area contributed by atoms with Gasteiger partial charge < -0.3 is 10.5 Å². The molecule has 0 aliphatic carbocycles. The maximum atomic E-state index is 6.19. The highest BCUT2D eigenvalue weighted by Gasteiger charge is 2.04. The third kappa shape index (κ3) is 4.74. The molecule has 0 fully saturated rings. The van der Waals surface area contributed by atoms with Crippen molar-refractivity contribution in [3.05, 3.63) is 28.8 Å². The SMILES string of the molecule is COCCSc1ccc(CC(C)N)cc1Cl. The first-order valence-corrected chi connectivity index (χ1v) is 6.65. The fourth-order valence-corrected chi connectivity index (χ4v) is 2.59. The summed E-state index contributed by atoms with van der Waals surface area (Å²) in [5.74, 6) is 0.920. The number of hydrogen-bond donors (Lipinski definition) is 1. The van der Waals surface area contributed by atoms with E-state index in [9.17, 15) is 0 Å². The lowest BCUT2D eigenvalue weighted by molar-refractivity contribution is 0.218. The maximum Gasteiger partial charge on any atom is 0.0556 e. The lowest BCUT2D eigenvalue weighted by Crippen LogP contribution is -2.17. The topological polar surface area (TPSA) is 35.2 Å². The zero-order valence-corrected chi connectivity index (χ0v) is 11.3. The van der Waals surface area contributed by atoms with Crippen LogP contribution in [-0.4, -0.2) is 25.5 Å². The first-order chi connectivity index (χ1) is 7.63. The van der Waals surface area contributed by atoms with Crippen LogP contribution in [0.2, 0.25) is 5.02 Å². The van der Waals surface area contributed by atoms with E-state index in [1.165, 1.54) is 5.56 Å². The van der Waals surface area contributed by atoms with Gasteiger partial charge in [0.15, 0.2) is 0 Å². The van der Waals surface area contributed by atoms with E-state index in [-0.39, 0.29) is 6.04 Å². The molecule has 0 aliphatic rings. The molecule has 1 atom stereocenters. The zero-order valence-electron chi connectivity index (χ0n) is 9.70. The second-order valence-electron chi connectivity index (χ2n) is 3.79. The van der Waals surface area contributed by atoms with E-state index in [1.807, 2.05) is 13.0 Å². The average Bonchev–Trinajstić information content (AvgIpc) is 2.20. The standard InChI is InChI=1S/C12H18ClNOS/c1-9(14)7-10-3-4-12(11(13)8-10)16-6-5-15-2/h3-4,8-9H,5-7,14H2,1-2H3. The third-order valence-corrected chi connectivity index (χ3v) is 3.56. The highest BCUT2D eigenvalue weighted by molar-refractivity contribution is 7.99. The molecule has 0 bridgehead atoms. The Morgan fingerprint density at radius 2 is 2.25 bits per heavy atom. The summed E-state index contributed by atoms with van der Waals surface area (Å²) >= 11 is 7.90. The summed E-state index contributed by atoms with van der Waals surface area (Å²) in [5, 5.41) is 0.805. The van der Waals surface area contributed by atoms with Crippen LogP contribution in [0.15, 0.2) is 23.1 Å².